The molecule has 0 saturated heterocycles. The minimum absolute atomic E-state index is 0.226. The predicted molar refractivity (Wildman–Crippen MR) is 100 cm³/mol. The van der Waals surface area contributed by atoms with E-state index in [2.05, 4.69) is 10.3 Å². The molecule has 0 saturated carbocycles. The normalized spacial score (nSPS) is 10.8. The quantitative estimate of drug-likeness (QED) is 0.721. The number of amides is 2. The molecule has 2 aromatic carbocycles. The Labute approximate surface area is 154 Å². The maximum Gasteiger partial charge on any atom is 0.258 e. The number of nitrogens with zero attached hydrogens (tertiary/aromatic N) is 1. The van der Waals surface area contributed by atoms with Crippen LogP contribution in [0.15, 0.2) is 36.4 Å². The van der Waals surface area contributed by atoms with Gasteiger partial charge in [0.2, 0.25) is 0 Å². The molecule has 26 heavy (non-hydrogen) atoms. The summed E-state index contributed by atoms with van der Waals surface area (Å²) in [6.45, 7) is 1.75. The average molecular weight is 374 g/mol. The van der Waals surface area contributed by atoms with Crippen molar-refractivity contribution >= 4 is 40.0 Å². The molecule has 1 aromatic heterocycles. The number of benzene rings is 2. The molecular formula is C19H17ClFN3O2. The standard InChI is InChI=1S/C19H17ClFN3O2/c1-10-17(14-8-11(21)4-7-16(14)22-10)18(25)23-12-5-6-13(15(20)9-12)19(26)24(2)3/h4-9,22H,1-3H3,(H,23,25). The Balaban J connectivity index is 1.92. The number of aryl methyl sites for hydroxylation is 1. The first-order valence-corrected chi connectivity index (χ1v) is 8.26. The zero-order valence-electron chi connectivity index (χ0n) is 14.5. The van der Waals surface area contributed by atoms with E-state index in [9.17, 15) is 14.0 Å². The van der Waals surface area contributed by atoms with Crippen molar-refractivity contribution < 1.29 is 14.0 Å². The van der Waals surface area contributed by atoms with E-state index in [1.54, 1.807) is 39.2 Å². The molecule has 0 aliphatic carbocycles. The molecule has 0 atom stereocenters. The number of carbonyl (C=O) groups excluding carboxylic acids is 2. The van der Waals surface area contributed by atoms with Gasteiger partial charge in [0, 0.05) is 36.4 Å². The summed E-state index contributed by atoms with van der Waals surface area (Å²) in [5.74, 6) is -1.03. The van der Waals surface area contributed by atoms with E-state index in [0.717, 1.165) is 0 Å². The van der Waals surface area contributed by atoms with Gasteiger partial charge in [-0.15, -0.1) is 0 Å². The van der Waals surface area contributed by atoms with E-state index in [-0.39, 0.29) is 16.8 Å². The fourth-order valence-corrected chi connectivity index (χ4v) is 3.05. The Morgan fingerprint density at radius 3 is 2.54 bits per heavy atom. The molecule has 0 unspecified atom stereocenters. The number of aromatic amines is 1. The van der Waals surface area contributed by atoms with Gasteiger partial charge >= 0.3 is 0 Å². The van der Waals surface area contributed by atoms with Crippen LogP contribution in [0, 0.1) is 12.7 Å². The summed E-state index contributed by atoms with van der Waals surface area (Å²) in [5, 5.41) is 3.49. The van der Waals surface area contributed by atoms with Crippen LogP contribution in [-0.2, 0) is 0 Å². The van der Waals surface area contributed by atoms with E-state index in [1.807, 2.05) is 0 Å². The molecule has 3 aromatic rings. The van der Waals surface area contributed by atoms with Gasteiger partial charge in [-0.2, -0.15) is 0 Å². The topological polar surface area (TPSA) is 65.2 Å². The summed E-state index contributed by atoms with van der Waals surface area (Å²) in [6.07, 6.45) is 0. The van der Waals surface area contributed by atoms with Crippen LogP contribution >= 0.6 is 11.6 Å². The SMILES string of the molecule is Cc1[nH]c2ccc(F)cc2c1C(=O)Nc1ccc(C(=O)N(C)C)c(Cl)c1. The van der Waals surface area contributed by atoms with Crippen molar-refractivity contribution in [1.29, 1.82) is 0 Å². The molecule has 2 N–H and O–H groups in total. The highest BCUT2D eigenvalue weighted by molar-refractivity contribution is 6.34. The number of hydrogen-bond acceptors (Lipinski definition) is 2. The van der Waals surface area contributed by atoms with Crippen LogP contribution in [0.2, 0.25) is 5.02 Å². The van der Waals surface area contributed by atoms with Crippen molar-refractivity contribution in [3.63, 3.8) is 0 Å². The van der Waals surface area contributed by atoms with Crippen LogP contribution in [0.4, 0.5) is 10.1 Å². The number of aromatic nitrogens is 1. The summed E-state index contributed by atoms with van der Waals surface area (Å²) in [7, 11) is 3.26. The largest absolute Gasteiger partial charge is 0.358 e. The van der Waals surface area contributed by atoms with Gasteiger partial charge in [0.05, 0.1) is 16.1 Å². The number of hydrogen-bond donors (Lipinski definition) is 2. The molecule has 7 heteroatoms. The van der Waals surface area contributed by atoms with Gasteiger partial charge in [-0.1, -0.05) is 11.6 Å². The molecular weight excluding hydrogens is 357 g/mol. The third-order valence-electron chi connectivity index (χ3n) is 4.04. The smallest absolute Gasteiger partial charge is 0.258 e. The second-order valence-corrected chi connectivity index (χ2v) is 6.57. The zero-order valence-corrected chi connectivity index (χ0v) is 15.2. The lowest BCUT2D eigenvalue weighted by Gasteiger charge is -2.13. The van der Waals surface area contributed by atoms with Crippen molar-refractivity contribution in [2.75, 3.05) is 19.4 Å². The molecule has 0 bridgehead atoms. The Morgan fingerprint density at radius 1 is 1.15 bits per heavy atom. The highest BCUT2D eigenvalue weighted by atomic mass is 35.5. The fraction of sp³-hybridized carbons (Fsp3) is 0.158. The van der Waals surface area contributed by atoms with Gasteiger partial charge in [-0.25, -0.2) is 4.39 Å². The summed E-state index contributed by atoms with van der Waals surface area (Å²) in [6, 6.07) is 8.92. The highest BCUT2D eigenvalue weighted by Crippen LogP contribution is 2.26. The van der Waals surface area contributed by atoms with Crippen molar-refractivity contribution in [2.24, 2.45) is 0 Å². The number of carbonyl (C=O) groups is 2. The third kappa shape index (κ3) is 3.28. The molecule has 1 heterocycles. The average Bonchev–Trinajstić information content (AvgIpc) is 2.89. The fourth-order valence-electron chi connectivity index (χ4n) is 2.79. The molecule has 0 aliphatic rings. The summed E-state index contributed by atoms with van der Waals surface area (Å²) < 4.78 is 13.6. The minimum atomic E-state index is -0.417. The second-order valence-electron chi connectivity index (χ2n) is 6.16. The van der Waals surface area contributed by atoms with E-state index >= 15 is 0 Å². The third-order valence-corrected chi connectivity index (χ3v) is 4.35. The number of anilines is 1. The molecule has 5 nitrogen and oxygen atoms in total. The Kier molecular flexibility index (Phi) is 4.70. The van der Waals surface area contributed by atoms with Crippen LogP contribution in [0.5, 0.6) is 0 Å². The summed E-state index contributed by atoms with van der Waals surface area (Å²) >= 11 is 6.17. The van der Waals surface area contributed by atoms with Crippen LogP contribution in [-0.4, -0.2) is 35.8 Å². The number of H-pyrrole nitrogens is 1. The summed E-state index contributed by atoms with van der Waals surface area (Å²) in [5.41, 5.74) is 2.47. The minimum Gasteiger partial charge on any atom is -0.358 e. The molecule has 2 amide bonds. The number of fused-ring (bicyclic) bond motifs is 1. The lowest BCUT2D eigenvalue weighted by atomic mass is 10.1. The molecule has 0 fully saturated rings. The number of nitrogens with one attached hydrogen (secondary N) is 2. The van der Waals surface area contributed by atoms with Crippen molar-refractivity contribution in [3.05, 3.63) is 64.1 Å². The van der Waals surface area contributed by atoms with E-state index in [0.29, 0.717) is 33.4 Å². The maximum atomic E-state index is 13.6. The Morgan fingerprint density at radius 2 is 1.88 bits per heavy atom. The van der Waals surface area contributed by atoms with E-state index in [1.165, 1.54) is 23.1 Å². The highest BCUT2D eigenvalue weighted by Gasteiger charge is 2.18. The Hall–Kier alpha value is -2.86. The van der Waals surface area contributed by atoms with E-state index < -0.39 is 5.82 Å². The van der Waals surface area contributed by atoms with Gasteiger partial charge in [0.1, 0.15) is 5.82 Å². The van der Waals surface area contributed by atoms with Gasteiger partial charge in [-0.05, 0) is 43.3 Å². The van der Waals surface area contributed by atoms with Gasteiger partial charge in [0.25, 0.3) is 11.8 Å². The van der Waals surface area contributed by atoms with E-state index in [4.69, 9.17) is 11.6 Å². The first-order valence-electron chi connectivity index (χ1n) is 7.88. The first kappa shape index (κ1) is 17.9. The van der Waals surface area contributed by atoms with Crippen LogP contribution in [0.3, 0.4) is 0 Å². The zero-order chi connectivity index (χ0) is 19.0. The maximum absolute atomic E-state index is 13.6. The lowest BCUT2D eigenvalue weighted by molar-refractivity contribution is 0.0827. The molecule has 0 spiro atoms. The molecule has 0 aliphatic heterocycles. The predicted octanol–water partition coefficient (Wildman–Crippen LogP) is 4.22. The monoisotopic (exact) mass is 373 g/mol. The van der Waals surface area contributed by atoms with Crippen LogP contribution in [0.25, 0.3) is 10.9 Å². The first-order chi connectivity index (χ1) is 12.3. The molecule has 3 rings (SSSR count). The van der Waals surface area contributed by atoms with Crippen LogP contribution in [0.1, 0.15) is 26.4 Å². The van der Waals surface area contributed by atoms with Gasteiger partial charge < -0.3 is 15.2 Å². The van der Waals surface area contributed by atoms with Gasteiger partial charge in [-0.3, -0.25) is 9.59 Å². The van der Waals surface area contributed by atoms with Crippen molar-refractivity contribution in [3.8, 4) is 0 Å². The number of rotatable bonds is 3. The molecule has 0 radical (unpaired) electrons. The second kappa shape index (κ2) is 6.80. The Bertz CT molecular complexity index is 1030. The van der Waals surface area contributed by atoms with Crippen LogP contribution < -0.4 is 5.32 Å². The number of halogens is 2. The van der Waals surface area contributed by atoms with Crippen molar-refractivity contribution in [2.45, 2.75) is 6.92 Å². The van der Waals surface area contributed by atoms with Crippen molar-refractivity contribution in [1.82, 2.24) is 9.88 Å². The summed E-state index contributed by atoms with van der Waals surface area (Å²) in [4.78, 5) is 29.2. The molecule has 134 valence electrons. The van der Waals surface area contributed by atoms with Gasteiger partial charge in [0.15, 0.2) is 0 Å². The lowest BCUT2D eigenvalue weighted by Crippen LogP contribution is -2.22.